The number of rotatable bonds is 8. The molecule has 2 N–H and O–H groups in total. The van der Waals surface area contributed by atoms with Crippen molar-refractivity contribution in [2.24, 2.45) is 0 Å². The van der Waals surface area contributed by atoms with E-state index < -0.39 is 0 Å². The lowest BCUT2D eigenvalue weighted by Crippen LogP contribution is -2.35. The maximum atomic E-state index is 11.6. The fraction of sp³-hybridized carbons (Fsp3) is 0.692. The largest absolute Gasteiger partial charge is 0.345 e. The Kier molecular flexibility index (Phi) is 6.87. The number of aryl methyl sites for hydroxylation is 1. The number of amides is 1. The van der Waals surface area contributed by atoms with Gasteiger partial charge in [0.1, 0.15) is 5.82 Å². The Morgan fingerprint density at radius 1 is 1.47 bits per heavy atom. The molecule has 0 atom stereocenters. The van der Waals surface area contributed by atoms with Crippen LogP contribution in [0.4, 0.5) is 0 Å². The van der Waals surface area contributed by atoms with Crippen LogP contribution in [0.5, 0.6) is 0 Å². The number of hydrogen-bond donors (Lipinski definition) is 2. The summed E-state index contributed by atoms with van der Waals surface area (Å²) in [5, 5.41) is 3.58. The van der Waals surface area contributed by atoms with Crippen molar-refractivity contribution in [3.05, 3.63) is 16.7 Å². The van der Waals surface area contributed by atoms with E-state index in [1.165, 1.54) is 0 Å². The summed E-state index contributed by atoms with van der Waals surface area (Å²) in [7, 11) is 1.79. The van der Waals surface area contributed by atoms with E-state index in [0.29, 0.717) is 24.8 Å². The minimum absolute atomic E-state index is 0.0735. The molecule has 1 rings (SSSR count). The third-order valence-corrected chi connectivity index (χ3v) is 3.34. The molecule has 0 saturated carbocycles. The third-order valence-electron chi connectivity index (χ3n) is 3.02. The number of nitrogens with one attached hydrogen (secondary N) is 2. The Hall–Kier alpha value is -1.07. The van der Waals surface area contributed by atoms with Crippen LogP contribution in [0.2, 0.25) is 5.15 Å². The first kappa shape index (κ1) is 16.0. The molecule has 108 valence electrons. The van der Waals surface area contributed by atoms with Gasteiger partial charge in [0, 0.05) is 26.6 Å². The highest BCUT2D eigenvalue weighted by molar-refractivity contribution is 6.30. The summed E-state index contributed by atoms with van der Waals surface area (Å²) in [6.07, 6.45) is 3.13. The molecule has 1 amide bonds. The highest BCUT2D eigenvalue weighted by Gasteiger charge is 2.09. The number of nitrogens with zero attached hydrogens (tertiary/aromatic N) is 2. The molecule has 0 aromatic carbocycles. The lowest BCUT2D eigenvalue weighted by atomic mass is 10.2. The molecule has 5 nitrogen and oxygen atoms in total. The van der Waals surface area contributed by atoms with Gasteiger partial charge in [-0.3, -0.25) is 4.79 Å². The Morgan fingerprint density at radius 2 is 2.21 bits per heavy atom. The van der Waals surface area contributed by atoms with E-state index in [1.807, 2.05) is 6.92 Å². The number of carbonyl (C=O) groups is 1. The zero-order valence-corrected chi connectivity index (χ0v) is 12.7. The predicted octanol–water partition coefficient (Wildman–Crippen LogP) is 1.97. The highest BCUT2D eigenvalue weighted by Crippen LogP contribution is 2.13. The molecule has 0 saturated heterocycles. The molecule has 0 spiro atoms. The lowest BCUT2D eigenvalue weighted by molar-refractivity contribution is -0.128. The number of likely N-dealkylation sites (N-methyl/N-ethyl adjacent to an activating group) is 1. The van der Waals surface area contributed by atoms with Crippen molar-refractivity contribution in [1.82, 2.24) is 20.2 Å². The van der Waals surface area contributed by atoms with Crippen LogP contribution in [0.15, 0.2) is 0 Å². The second kappa shape index (κ2) is 8.17. The zero-order chi connectivity index (χ0) is 14.3. The number of imidazole rings is 1. The molecule has 6 heteroatoms. The fourth-order valence-electron chi connectivity index (χ4n) is 1.63. The SMILES string of the molecule is CCCCc1nc(Cl)c(CNCC(=O)N(C)CC)[nH]1. The van der Waals surface area contributed by atoms with E-state index in [2.05, 4.69) is 22.2 Å². The normalized spacial score (nSPS) is 10.7. The van der Waals surface area contributed by atoms with Crippen molar-refractivity contribution in [3.63, 3.8) is 0 Å². The molecule has 0 fully saturated rings. The number of carbonyl (C=O) groups excluding carboxylic acids is 1. The molecule has 0 radical (unpaired) electrons. The number of H-pyrrole nitrogens is 1. The van der Waals surface area contributed by atoms with E-state index in [-0.39, 0.29) is 5.91 Å². The monoisotopic (exact) mass is 286 g/mol. The molecule has 1 aromatic heterocycles. The summed E-state index contributed by atoms with van der Waals surface area (Å²) in [4.78, 5) is 20.7. The van der Waals surface area contributed by atoms with Crippen LogP contribution in [-0.2, 0) is 17.8 Å². The second-order valence-corrected chi connectivity index (χ2v) is 4.93. The van der Waals surface area contributed by atoms with Crippen LogP contribution >= 0.6 is 11.6 Å². The first-order chi connectivity index (χ1) is 9.08. The maximum Gasteiger partial charge on any atom is 0.236 e. The molecule has 0 unspecified atom stereocenters. The van der Waals surface area contributed by atoms with Crippen LogP contribution < -0.4 is 5.32 Å². The molecule has 0 aliphatic rings. The average molecular weight is 287 g/mol. The highest BCUT2D eigenvalue weighted by atomic mass is 35.5. The van der Waals surface area contributed by atoms with E-state index in [9.17, 15) is 4.79 Å². The Bertz CT molecular complexity index is 405. The van der Waals surface area contributed by atoms with Crippen molar-refractivity contribution in [2.75, 3.05) is 20.1 Å². The van der Waals surface area contributed by atoms with E-state index in [0.717, 1.165) is 30.8 Å². The van der Waals surface area contributed by atoms with Crippen LogP contribution in [0.25, 0.3) is 0 Å². The number of aromatic amines is 1. The molecule has 19 heavy (non-hydrogen) atoms. The number of unbranched alkanes of at least 4 members (excludes halogenated alkanes) is 1. The van der Waals surface area contributed by atoms with E-state index in [1.54, 1.807) is 11.9 Å². The van der Waals surface area contributed by atoms with Gasteiger partial charge in [0.05, 0.1) is 12.2 Å². The van der Waals surface area contributed by atoms with Crippen LogP contribution in [0.3, 0.4) is 0 Å². The van der Waals surface area contributed by atoms with Crippen molar-refractivity contribution in [1.29, 1.82) is 0 Å². The number of halogens is 1. The molecular weight excluding hydrogens is 264 g/mol. The molecule has 0 bridgehead atoms. The summed E-state index contributed by atoms with van der Waals surface area (Å²) < 4.78 is 0. The summed E-state index contributed by atoms with van der Waals surface area (Å²) in [6, 6.07) is 0. The van der Waals surface area contributed by atoms with Gasteiger partial charge in [-0.25, -0.2) is 4.98 Å². The van der Waals surface area contributed by atoms with Gasteiger partial charge in [0.2, 0.25) is 5.91 Å². The topological polar surface area (TPSA) is 61.0 Å². The summed E-state index contributed by atoms with van der Waals surface area (Å²) in [5.74, 6) is 0.991. The third kappa shape index (κ3) is 5.20. The maximum absolute atomic E-state index is 11.6. The minimum Gasteiger partial charge on any atom is -0.345 e. The Labute approximate surface area is 119 Å². The van der Waals surface area contributed by atoms with Gasteiger partial charge in [0.15, 0.2) is 5.15 Å². The van der Waals surface area contributed by atoms with Gasteiger partial charge in [-0.05, 0) is 13.3 Å². The van der Waals surface area contributed by atoms with E-state index >= 15 is 0 Å². The Morgan fingerprint density at radius 3 is 2.84 bits per heavy atom. The molecular formula is C13H23ClN4O. The van der Waals surface area contributed by atoms with Crippen molar-refractivity contribution >= 4 is 17.5 Å². The summed E-state index contributed by atoms with van der Waals surface area (Å²) in [5.41, 5.74) is 0.847. The van der Waals surface area contributed by atoms with Crippen molar-refractivity contribution < 1.29 is 4.79 Å². The van der Waals surface area contributed by atoms with Gasteiger partial charge in [-0.2, -0.15) is 0 Å². The quantitative estimate of drug-likeness (QED) is 0.768. The average Bonchev–Trinajstić information content (AvgIpc) is 2.76. The van der Waals surface area contributed by atoms with E-state index in [4.69, 9.17) is 11.6 Å². The van der Waals surface area contributed by atoms with Gasteiger partial charge >= 0.3 is 0 Å². The van der Waals surface area contributed by atoms with Gasteiger partial charge in [-0.1, -0.05) is 24.9 Å². The summed E-state index contributed by atoms with van der Waals surface area (Å²) in [6.45, 7) is 5.64. The smallest absolute Gasteiger partial charge is 0.236 e. The molecule has 0 aliphatic heterocycles. The summed E-state index contributed by atoms with van der Waals surface area (Å²) >= 11 is 6.05. The Balaban J connectivity index is 2.40. The fourth-order valence-corrected chi connectivity index (χ4v) is 1.84. The molecule has 0 aliphatic carbocycles. The first-order valence-corrected chi connectivity index (χ1v) is 7.14. The lowest BCUT2D eigenvalue weighted by Gasteiger charge is -2.14. The van der Waals surface area contributed by atoms with Crippen molar-refractivity contribution in [2.45, 2.75) is 39.7 Å². The van der Waals surface area contributed by atoms with Gasteiger partial charge in [-0.15, -0.1) is 0 Å². The second-order valence-electron chi connectivity index (χ2n) is 4.57. The van der Waals surface area contributed by atoms with Crippen LogP contribution in [-0.4, -0.2) is 40.9 Å². The standard InChI is InChI=1S/C13H23ClN4O/c1-4-6-7-11-16-10(13(14)17-11)8-15-9-12(19)18(3)5-2/h15H,4-9H2,1-3H3,(H,16,17). The molecule has 1 aromatic rings. The number of aromatic nitrogens is 2. The van der Waals surface area contributed by atoms with Crippen molar-refractivity contribution in [3.8, 4) is 0 Å². The number of hydrogen-bond acceptors (Lipinski definition) is 3. The predicted molar refractivity (Wildman–Crippen MR) is 77.2 cm³/mol. The van der Waals surface area contributed by atoms with Crippen LogP contribution in [0.1, 0.15) is 38.2 Å². The minimum atomic E-state index is 0.0735. The zero-order valence-electron chi connectivity index (χ0n) is 11.9. The van der Waals surface area contributed by atoms with Gasteiger partial charge in [0.25, 0.3) is 0 Å². The first-order valence-electron chi connectivity index (χ1n) is 6.76. The molecule has 1 heterocycles. The van der Waals surface area contributed by atoms with Gasteiger partial charge < -0.3 is 15.2 Å². The van der Waals surface area contributed by atoms with Crippen LogP contribution in [0, 0.1) is 0 Å².